The second kappa shape index (κ2) is 12.3. The highest BCUT2D eigenvalue weighted by Gasteiger charge is 2.48. The molecule has 4 heterocycles. The molecule has 0 bridgehead atoms. The Morgan fingerprint density at radius 1 is 1.10 bits per heavy atom. The van der Waals surface area contributed by atoms with E-state index in [1.807, 2.05) is 0 Å². The predicted molar refractivity (Wildman–Crippen MR) is 173 cm³/mol. The molecule has 252 valence electrons. The molecule has 1 N–H and O–H groups in total. The molecule has 2 aliphatic heterocycles. The number of amides is 2. The minimum Gasteiger partial charge on any atom is -0.497 e. The van der Waals surface area contributed by atoms with Gasteiger partial charge in [0.1, 0.15) is 17.2 Å². The van der Waals surface area contributed by atoms with Crippen LogP contribution in [0.25, 0.3) is 0 Å². The maximum Gasteiger partial charge on any atom is 0.410 e. The zero-order valence-corrected chi connectivity index (χ0v) is 27.7. The van der Waals surface area contributed by atoms with E-state index in [0.717, 1.165) is 16.7 Å². The number of likely N-dealkylation sites (tertiary alicyclic amines) is 1. The number of carbonyl (C=O) groups is 2. The van der Waals surface area contributed by atoms with Crippen molar-refractivity contribution in [3.8, 4) is 5.75 Å². The SMILES string of the molecule is COc1ccc(Cn2cc(F)c(N3C[C@](C)(c4cccc(Cl)c4F)c4c(cnc(NC5CN(C(=O)OC(C)(C)C)C5)c4F)C3=O)n2)cc1. The molecular formula is C34H34ClF3N6O4. The van der Waals surface area contributed by atoms with Crippen LogP contribution in [-0.4, -0.2) is 70.1 Å². The van der Waals surface area contributed by atoms with E-state index in [1.54, 1.807) is 59.1 Å². The van der Waals surface area contributed by atoms with Gasteiger partial charge in [0, 0.05) is 42.4 Å². The molecule has 0 unspecified atom stereocenters. The van der Waals surface area contributed by atoms with Crippen molar-refractivity contribution in [2.24, 2.45) is 0 Å². The van der Waals surface area contributed by atoms with Gasteiger partial charge in [0.25, 0.3) is 5.91 Å². The van der Waals surface area contributed by atoms with Gasteiger partial charge in [-0.1, -0.05) is 35.9 Å². The van der Waals surface area contributed by atoms with Crippen molar-refractivity contribution < 1.29 is 32.2 Å². The lowest BCUT2D eigenvalue weighted by atomic mass is 9.71. The molecular weight excluding hydrogens is 649 g/mol. The molecule has 1 fully saturated rings. The van der Waals surface area contributed by atoms with Crippen molar-refractivity contribution in [3.05, 3.63) is 99.6 Å². The first-order valence-electron chi connectivity index (χ1n) is 15.2. The zero-order chi connectivity index (χ0) is 34.5. The third kappa shape index (κ3) is 6.14. The van der Waals surface area contributed by atoms with E-state index in [-0.39, 0.29) is 65.6 Å². The number of hydrogen-bond donors (Lipinski definition) is 1. The molecule has 14 heteroatoms. The van der Waals surface area contributed by atoms with E-state index in [4.69, 9.17) is 21.1 Å². The minimum atomic E-state index is -1.56. The highest BCUT2D eigenvalue weighted by atomic mass is 35.5. The maximum absolute atomic E-state index is 16.6. The molecule has 48 heavy (non-hydrogen) atoms. The zero-order valence-electron chi connectivity index (χ0n) is 27.0. The van der Waals surface area contributed by atoms with E-state index in [2.05, 4.69) is 15.4 Å². The maximum atomic E-state index is 16.6. The Morgan fingerprint density at radius 3 is 2.48 bits per heavy atom. The third-order valence-corrected chi connectivity index (χ3v) is 8.69. The summed E-state index contributed by atoms with van der Waals surface area (Å²) in [4.78, 5) is 33.1. The van der Waals surface area contributed by atoms with Gasteiger partial charge in [-0.05, 0) is 51.5 Å². The van der Waals surface area contributed by atoms with Gasteiger partial charge in [0.05, 0.1) is 36.5 Å². The number of anilines is 2. The van der Waals surface area contributed by atoms with Gasteiger partial charge >= 0.3 is 6.09 Å². The molecule has 2 amide bonds. The van der Waals surface area contributed by atoms with Crippen LogP contribution in [0.5, 0.6) is 5.75 Å². The fourth-order valence-corrected chi connectivity index (χ4v) is 6.20. The van der Waals surface area contributed by atoms with E-state index in [0.29, 0.717) is 5.75 Å². The molecule has 0 aliphatic carbocycles. The summed E-state index contributed by atoms with van der Waals surface area (Å²) in [7, 11) is 1.55. The van der Waals surface area contributed by atoms with Crippen molar-refractivity contribution in [1.29, 1.82) is 0 Å². The third-order valence-electron chi connectivity index (χ3n) is 8.40. The summed E-state index contributed by atoms with van der Waals surface area (Å²) in [6, 6.07) is 11.1. The van der Waals surface area contributed by atoms with Gasteiger partial charge in [0.2, 0.25) is 0 Å². The lowest BCUT2D eigenvalue weighted by Crippen LogP contribution is -2.58. The Hall–Kier alpha value is -4.78. The predicted octanol–water partition coefficient (Wildman–Crippen LogP) is 6.40. The fourth-order valence-electron chi connectivity index (χ4n) is 6.03. The van der Waals surface area contributed by atoms with Crippen LogP contribution >= 0.6 is 11.6 Å². The van der Waals surface area contributed by atoms with Crippen LogP contribution in [0.1, 0.15) is 54.7 Å². The molecule has 0 radical (unpaired) electrons. The van der Waals surface area contributed by atoms with E-state index in [1.165, 1.54) is 34.0 Å². The molecule has 2 aromatic heterocycles. The summed E-state index contributed by atoms with van der Waals surface area (Å²) in [5.41, 5.74) is -1.72. The summed E-state index contributed by atoms with van der Waals surface area (Å²) in [6.07, 6.45) is 1.85. The fraction of sp³-hybridized carbons (Fsp3) is 0.353. The molecule has 10 nitrogen and oxygen atoms in total. The van der Waals surface area contributed by atoms with E-state index >= 15 is 13.2 Å². The summed E-state index contributed by atoms with van der Waals surface area (Å²) in [6.45, 7) is 7.15. The lowest BCUT2D eigenvalue weighted by Gasteiger charge is -2.42. The van der Waals surface area contributed by atoms with Gasteiger partial charge in [0.15, 0.2) is 23.3 Å². The molecule has 6 rings (SSSR count). The van der Waals surface area contributed by atoms with Gasteiger partial charge in [-0.2, -0.15) is 5.10 Å². The Labute approximate surface area is 280 Å². The molecule has 2 aliphatic rings. The van der Waals surface area contributed by atoms with Crippen LogP contribution in [0, 0.1) is 17.5 Å². The van der Waals surface area contributed by atoms with Gasteiger partial charge in [-0.15, -0.1) is 0 Å². The van der Waals surface area contributed by atoms with Crippen molar-refractivity contribution in [1.82, 2.24) is 19.7 Å². The smallest absolute Gasteiger partial charge is 0.410 e. The van der Waals surface area contributed by atoms with Crippen LogP contribution < -0.4 is 15.0 Å². The summed E-state index contributed by atoms with van der Waals surface area (Å²) >= 11 is 6.17. The van der Waals surface area contributed by atoms with Crippen LogP contribution in [0.3, 0.4) is 0 Å². The van der Waals surface area contributed by atoms with Crippen LogP contribution in [-0.2, 0) is 16.7 Å². The Morgan fingerprint density at radius 2 is 1.81 bits per heavy atom. The van der Waals surface area contributed by atoms with Gasteiger partial charge in [-0.25, -0.2) is 22.9 Å². The number of fused-ring (bicyclic) bond motifs is 1. The average Bonchev–Trinajstić information content (AvgIpc) is 3.37. The minimum absolute atomic E-state index is 0.00242. The average molecular weight is 683 g/mol. The summed E-state index contributed by atoms with van der Waals surface area (Å²) < 4.78 is 59.8. The Balaban J connectivity index is 1.34. The first-order valence-corrected chi connectivity index (χ1v) is 15.6. The number of nitrogens with zero attached hydrogens (tertiary/aromatic N) is 5. The van der Waals surface area contributed by atoms with Crippen LogP contribution in [0.15, 0.2) is 54.9 Å². The number of methoxy groups -OCH3 is 1. The Bertz CT molecular complexity index is 1890. The molecule has 1 atom stereocenters. The molecule has 1 saturated heterocycles. The van der Waals surface area contributed by atoms with Crippen molar-refractivity contribution in [2.75, 3.05) is 37.0 Å². The molecule has 0 saturated carbocycles. The second-order valence-corrected chi connectivity index (χ2v) is 13.5. The summed E-state index contributed by atoms with van der Waals surface area (Å²) in [5, 5.41) is 7.16. The highest BCUT2D eigenvalue weighted by molar-refractivity contribution is 6.30. The van der Waals surface area contributed by atoms with Crippen LogP contribution in [0.2, 0.25) is 5.02 Å². The molecule has 4 aromatic rings. The summed E-state index contributed by atoms with van der Waals surface area (Å²) in [5.74, 6) is -3.03. The first kappa shape index (κ1) is 33.1. The monoisotopic (exact) mass is 682 g/mol. The standard InChI is InChI=1S/C34H34ClF3N6O4/c1-33(2,3)48-32(46)42-15-20(16-42)40-29-28(38)26-22(13-39-29)31(45)44(18-34(26,4)23-7-6-8-24(35)27(23)37)30-25(36)17-43(41-30)14-19-9-11-21(47-5)12-10-19/h6-13,17,20H,14-16,18H2,1-5H3,(H,39,40)/t34-/m1/s1. The number of halogens is 4. The largest absolute Gasteiger partial charge is 0.497 e. The number of pyridine rings is 1. The van der Waals surface area contributed by atoms with Crippen LogP contribution in [0.4, 0.5) is 29.6 Å². The van der Waals surface area contributed by atoms with Gasteiger partial charge < -0.3 is 19.7 Å². The van der Waals surface area contributed by atoms with E-state index in [9.17, 15) is 9.59 Å². The Kier molecular flexibility index (Phi) is 8.52. The van der Waals surface area contributed by atoms with Crippen molar-refractivity contribution in [2.45, 2.75) is 51.3 Å². The van der Waals surface area contributed by atoms with Gasteiger partial charge in [-0.3, -0.25) is 14.4 Å². The quantitative estimate of drug-likeness (QED) is 0.241. The topological polar surface area (TPSA) is 102 Å². The van der Waals surface area contributed by atoms with Crippen molar-refractivity contribution in [3.63, 3.8) is 0 Å². The number of ether oxygens (including phenoxy) is 2. The normalized spacial score (nSPS) is 18.0. The number of rotatable bonds is 7. The van der Waals surface area contributed by atoms with E-state index < -0.39 is 40.5 Å². The highest BCUT2D eigenvalue weighted by Crippen LogP contribution is 2.45. The number of aromatic nitrogens is 3. The molecule has 0 spiro atoms. The number of hydrogen-bond acceptors (Lipinski definition) is 7. The lowest BCUT2D eigenvalue weighted by molar-refractivity contribution is 0.0104. The van der Waals surface area contributed by atoms with Crippen molar-refractivity contribution >= 4 is 35.2 Å². The molecule has 2 aromatic carbocycles. The second-order valence-electron chi connectivity index (χ2n) is 13.1. The number of nitrogens with one attached hydrogen (secondary N) is 1. The number of carbonyl (C=O) groups excluding carboxylic acids is 2. The first-order chi connectivity index (χ1) is 22.7. The number of benzene rings is 2.